The molecule has 0 saturated carbocycles. The molecular weight excluding hydrogens is 318 g/mol. The molecule has 0 radical (unpaired) electrons. The van der Waals surface area contributed by atoms with E-state index in [-0.39, 0.29) is 6.61 Å². The normalized spacial score (nSPS) is 10.8. The molecule has 2 nitrogen and oxygen atoms in total. The second-order valence-corrected chi connectivity index (χ2v) is 6.53. The van der Waals surface area contributed by atoms with Crippen molar-refractivity contribution in [3.63, 3.8) is 0 Å². The predicted molar refractivity (Wildman–Crippen MR) is 109 cm³/mol. The number of aliphatic hydroxyl groups is 1. The van der Waals surface area contributed by atoms with Gasteiger partial charge in [-0.15, -0.1) is 0 Å². The van der Waals surface area contributed by atoms with Crippen LogP contribution in [0.5, 0.6) is 0 Å². The lowest BCUT2D eigenvalue weighted by atomic mass is 10.1. The first-order valence-electron chi connectivity index (χ1n) is 8.80. The van der Waals surface area contributed by atoms with Gasteiger partial charge >= 0.3 is 0 Å². The zero-order chi connectivity index (χ0) is 17.9. The van der Waals surface area contributed by atoms with E-state index in [4.69, 9.17) is 0 Å². The van der Waals surface area contributed by atoms with E-state index >= 15 is 0 Å². The van der Waals surface area contributed by atoms with Crippen molar-refractivity contribution in [3.05, 3.63) is 102 Å². The zero-order valence-electron chi connectivity index (χ0n) is 14.8. The van der Waals surface area contributed by atoms with Crippen LogP contribution in [0, 0.1) is 6.92 Å². The lowest BCUT2D eigenvalue weighted by Crippen LogP contribution is -2.10. The van der Waals surface area contributed by atoms with Gasteiger partial charge in [-0.3, -0.25) is 0 Å². The molecule has 4 rings (SSSR count). The Kier molecular flexibility index (Phi) is 4.42. The fourth-order valence-electron chi connectivity index (χ4n) is 3.21. The average Bonchev–Trinajstić information content (AvgIpc) is 2.70. The minimum atomic E-state index is 0.0563. The SMILES string of the molecule is Cc1ccc(N(c2ccc(CO)cc2)c2ccc3ccccc3c2)cc1. The summed E-state index contributed by atoms with van der Waals surface area (Å²) in [6, 6.07) is 31.5. The van der Waals surface area contributed by atoms with E-state index in [2.05, 4.69) is 90.7 Å². The maximum absolute atomic E-state index is 9.34. The summed E-state index contributed by atoms with van der Waals surface area (Å²) in [5.74, 6) is 0. The third-order valence-electron chi connectivity index (χ3n) is 4.66. The van der Waals surface area contributed by atoms with Gasteiger partial charge in [-0.2, -0.15) is 0 Å². The van der Waals surface area contributed by atoms with E-state index in [0.717, 1.165) is 22.6 Å². The number of nitrogens with zero attached hydrogens (tertiary/aromatic N) is 1. The van der Waals surface area contributed by atoms with Crippen LogP contribution in [0.3, 0.4) is 0 Å². The van der Waals surface area contributed by atoms with Gasteiger partial charge in [0.1, 0.15) is 0 Å². The summed E-state index contributed by atoms with van der Waals surface area (Å²) in [5, 5.41) is 11.8. The molecule has 0 spiro atoms. The monoisotopic (exact) mass is 339 g/mol. The average molecular weight is 339 g/mol. The van der Waals surface area contributed by atoms with Crippen LogP contribution in [0.1, 0.15) is 11.1 Å². The summed E-state index contributed by atoms with van der Waals surface area (Å²) in [6.45, 7) is 2.15. The molecule has 0 saturated heterocycles. The van der Waals surface area contributed by atoms with E-state index in [1.807, 2.05) is 12.1 Å². The molecule has 26 heavy (non-hydrogen) atoms. The van der Waals surface area contributed by atoms with Gasteiger partial charge in [0.25, 0.3) is 0 Å². The molecule has 0 amide bonds. The number of hydrogen-bond donors (Lipinski definition) is 1. The van der Waals surface area contributed by atoms with Crippen molar-refractivity contribution < 1.29 is 5.11 Å². The fourth-order valence-corrected chi connectivity index (χ4v) is 3.21. The van der Waals surface area contributed by atoms with Gasteiger partial charge in [0.15, 0.2) is 0 Å². The number of aliphatic hydroxyl groups excluding tert-OH is 1. The highest BCUT2D eigenvalue weighted by Gasteiger charge is 2.12. The van der Waals surface area contributed by atoms with Crippen LogP contribution >= 0.6 is 0 Å². The molecule has 0 aromatic heterocycles. The molecule has 0 aliphatic carbocycles. The highest BCUT2D eigenvalue weighted by molar-refractivity contribution is 5.89. The Morgan fingerprint density at radius 3 is 1.88 bits per heavy atom. The summed E-state index contributed by atoms with van der Waals surface area (Å²) >= 11 is 0. The molecule has 0 atom stereocenters. The third kappa shape index (κ3) is 3.19. The fraction of sp³-hybridized carbons (Fsp3) is 0.0833. The lowest BCUT2D eigenvalue weighted by molar-refractivity contribution is 0.282. The molecule has 0 unspecified atom stereocenters. The summed E-state index contributed by atoms with van der Waals surface area (Å²) in [6.07, 6.45) is 0. The van der Waals surface area contributed by atoms with Crippen molar-refractivity contribution >= 4 is 27.8 Å². The van der Waals surface area contributed by atoms with Crippen molar-refractivity contribution in [2.24, 2.45) is 0 Å². The maximum atomic E-state index is 9.34. The second kappa shape index (κ2) is 7.03. The molecule has 0 bridgehead atoms. The molecule has 4 aromatic rings. The third-order valence-corrected chi connectivity index (χ3v) is 4.66. The molecule has 0 aliphatic heterocycles. The molecule has 2 heteroatoms. The summed E-state index contributed by atoms with van der Waals surface area (Å²) < 4.78 is 0. The van der Waals surface area contributed by atoms with Gasteiger partial charge in [-0.25, -0.2) is 0 Å². The van der Waals surface area contributed by atoms with Crippen LogP contribution in [0.4, 0.5) is 17.1 Å². The smallest absolute Gasteiger partial charge is 0.0681 e. The Morgan fingerprint density at radius 2 is 1.23 bits per heavy atom. The predicted octanol–water partition coefficient (Wildman–Crippen LogP) is 6.11. The van der Waals surface area contributed by atoms with E-state index in [1.165, 1.54) is 16.3 Å². The van der Waals surface area contributed by atoms with Crippen molar-refractivity contribution in [3.8, 4) is 0 Å². The van der Waals surface area contributed by atoms with Gasteiger partial charge in [0, 0.05) is 17.1 Å². The van der Waals surface area contributed by atoms with Gasteiger partial charge < -0.3 is 10.0 Å². The molecule has 4 aromatic carbocycles. The Hall–Kier alpha value is -3.10. The molecule has 128 valence electrons. The van der Waals surface area contributed by atoms with Gasteiger partial charge in [-0.1, -0.05) is 60.2 Å². The Bertz CT molecular complexity index is 1020. The number of fused-ring (bicyclic) bond motifs is 1. The number of benzene rings is 4. The number of anilines is 3. The molecule has 0 heterocycles. The maximum Gasteiger partial charge on any atom is 0.0681 e. The van der Waals surface area contributed by atoms with Crippen molar-refractivity contribution in [2.45, 2.75) is 13.5 Å². The van der Waals surface area contributed by atoms with E-state index < -0.39 is 0 Å². The van der Waals surface area contributed by atoms with Crippen LogP contribution in [0.25, 0.3) is 10.8 Å². The second-order valence-electron chi connectivity index (χ2n) is 6.53. The van der Waals surface area contributed by atoms with Gasteiger partial charge in [-0.05, 0) is 59.7 Å². The van der Waals surface area contributed by atoms with Crippen LogP contribution in [0.15, 0.2) is 91.0 Å². The van der Waals surface area contributed by atoms with Gasteiger partial charge in [0.05, 0.1) is 6.61 Å². The zero-order valence-corrected chi connectivity index (χ0v) is 14.8. The van der Waals surface area contributed by atoms with Crippen LogP contribution in [-0.4, -0.2) is 5.11 Å². The minimum absolute atomic E-state index is 0.0563. The van der Waals surface area contributed by atoms with E-state index in [1.54, 1.807) is 0 Å². The highest BCUT2D eigenvalue weighted by Crippen LogP contribution is 2.36. The van der Waals surface area contributed by atoms with E-state index in [0.29, 0.717) is 0 Å². The summed E-state index contributed by atoms with van der Waals surface area (Å²) in [7, 11) is 0. The first-order valence-corrected chi connectivity index (χ1v) is 8.80. The molecule has 1 N–H and O–H groups in total. The Balaban J connectivity index is 1.86. The largest absolute Gasteiger partial charge is 0.392 e. The van der Waals surface area contributed by atoms with E-state index in [9.17, 15) is 5.11 Å². The van der Waals surface area contributed by atoms with Crippen LogP contribution in [0.2, 0.25) is 0 Å². The topological polar surface area (TPSA) is 23.5 Å². The van der Waals surface area contributed by atoms with Crippen molar-refractivity contribution in [1.29, 1.82) is 0 Å². The van der Waals surface area contributed by atoms with Crippen molar-refractivity contribution in [1.82, 2.24) is 0 Å². The van der Waals surface area contributed by atoms with Crippen molar-refractivity contribution in [2.75, 3.05) is 4.90 Å². The quantitative estimate of drug-likeness (QED) is 0.485. The summed E-state index contributed by atoms with van der Waals surface area (Å²) in [5.41, 5.74) is 5.45. The standard InChI is InChI=1S/C24H21NO/c1-18-6-11-22(12-7-18)25(23-13-8-19(17-26)9-14-23)24-15-10-20-4-2-3-5-21(20)16-24/h2-16,26H,17H2,1H3. The molecule has 0 fully saturated rings. The van der Waals surface area contributed by atoms with Crippen LogP contribution < -0.4 is 4.90 Å². The van der Waals surface area contributed by atoms with Crippen LogP contribution in [-0.2, 0) is 6.61 Å². The number of rotatable bonds is 4. The lowest BCUT2D eigenvalue weighted by Gasteiger charge is -2.26. The first kappa shape index (κ1) is 16.4. The Labute approximate surface area is 154 Å². The first-order chi connectivity index (χ1) is 12.7. The number of aryl methyl sites for hydroxylation is 1. The van der Waals surface area contributed by atoms with Gasteiger partial charge in [0.2, 0.25) is 0 Å². The highest BCUT2D eigenvalue weighted by atomic mass is 16.3. The number of hydrogen-bond acceptors (Lipinski definition) is 2. The molecule has 0 aliphatic rings. The molecular formula is C24H21NO. The summed E-state index contributed by atoms with van der Waals surface area (Å²) in [4.78, 5) is 2.24. The minimum Gasteiger partial charge on any atom is -0.392 e. The Morgan fingerprint density at radius 1 is 0.654 bits per heavy atom.